The summed E-state index contributed by atoms with van der Waals surface area (Å²) >= 11 is 1.65. The smallest absolute Gasteiger partial charge is 0.255 e. The van der Waals surface area contributed by atoms with Gasteiger partial charge in [-0.2, -0.15) is 0 Å². The van der Waals surface area contributed by atoms with Crippen molar-refractivity contribution in [2.75, 3.05) is 20.2 Å². The number of likely N-dealkylation sites (tertiary alicyclic amines) is 1. The molecule has 0 atom stereocenters. The third-order valence-electron chi connectivity index (χ3n) is 6.96. The van der Waals surface area contributed by atoms with Crippen molar-refractivity contribution in [3.63, 3.8) is 0 Å². The number of carbonyl (C=O) groups is 1. The van der Waals surface area contributed by atoms with E-state index in [1.54, 1.807) is 18.4 Å². The minimum Gasteiger partial charge on any atom is -0.497 e. The van der Waals surface area contributed by atoms with Gasteiger partial charge in [0.2, 0.25) is 0 Å². The van der Waals surface area contributed by atoms with Crippen molar-refractivity contribution in [1.29, 1.82) is 0 Å². The zero-order valence-corrected chi connectivity index (χ0v) is 19.8. The largest absolute Gasteiger partial charge is 0.497 e. The van der Waals surface area contributed by atoms with Crippen molar-refractivity contribution in [1.82, 2.24) is 14.5 Å². The molecule has 6 heteroatoms. The quantitative estimate of drug-likeness (QED) is 0.457. The van der Waals surface area contributed by atoms with Crippen molar-refractivity contribution < 1.29 is 9.53 Å². The van der Waals surface area contributed by atoms with Crippen molar-refractivity contribution in [2.24, 2.45) is 0 Å². The number of rotatable bonds is 5. The van der Waals surface area contributed by atoms with Gasteiger partial charge >= 0.3 is 0 Å². The third kappa shape index (κ3) is 3.96. The molecule has 0 spiro atoms. The predicted molar refractivity (Wildman–Crippen MR) is 130 cm³/mol. The van der Waals surface area contributed by atoms with Crippen LogP contribution in [0.25, 0.3) is 22.0 Å². The van der Waals surface area contributed by atoms with E-state index in [9.17, 15) is 4.79 Å². The molecule has 3 heterocycles. The van der Waals surface area contributed by atoms with Crippen LogP contribution in [0.3, 0.4) is 0 Å². The summed E-state index contributed by atoms with van der Waals surface area (Å²) in [7, 11) is 1.68. The molecule has 0 N–H and O–H groups in total. The fraction of sp³-hybridized carbons (Fsp3) is 0.462. The number of amides is 1. The summed E-state index contributed by atoms with van der Waals surface area (Å²) in [6.07, 6.45) is 8.39. The number of benzene rings is 1. The Morgan fingerprint density at radius 3 is 2.47 bits per heavy atom. The molecule has 3 aromatic rings. The van der Waals surface area contributed by atoms with E-state index in [0.29, 0.717) is 6.04 Å². The van der Waals surface area contributed by atoms with Crippen LogP contribution in [0, 0.1) is 6.92 Å². The summed E-state index contributed by atoms with van der Waals surface area (Å²) in [6.45, 7) is 3.87. The maximum Gasteiger partial charge on any atom is 0.255 e. The van der Waals surface area contributed by atoms with Gasteiger partial charge in [-0.05, 0) is 62.9 Å². The average Bonchev–Trinajstić information content (AvgIpc) is 3.59. The highest BCUT2D eigenvalue weighted by Gasteiger charge is 2.28. The van der Waals surface area contributed by atoms with Crippen LogP contribution in [-0.2, 0) is 0 Å². The Bertz CT molecular complexity index is 1090. The van der Waals surface area contributed by atoms with Crippen LogP contribution in [0.1, 0.15) is 67.0 Å². The van der Waals surface area contributed by atoms with E-state index in [4.69, 9.17) is 9.72 Å². The fourth-order valence-corrected chi connectivity index (χ4v) is 6.01. The lowest BCUT2D eigenvalue weighted by atomic mass is 9.95. The third-order valence-corrected chi connectivity index (χ3v) is 7.85. The van der Waals surface area contributed by atoms with Gasteiger partial charge in [-0.15, -0.1) is 11.3 Å². The van der Waals surface area contributed by atoms with Crippen LogP contribution >= 0.6 is 11.3 Å². The number of hydrogen-bond acceptors (Lipinski definition) is 4. The molecule has 0 bridgehead atoms. The second kappa shape index (κ2) is 9.10. The molecule has 1 aromatic carbocycles. The molecule has 168 valence electrons. The van der Waals surface area contributed by atoms with Crippen LogP contribution in [-0.4, -0.2) is 40.6 Å². The number of methoxy groups -OCH3 is 1. The second-order valence-electron chi connectivity index (χ2n) is 8.96. The minimum atomic E-state index is 0.182. The second-order valence-corrected chi connectivity index (χ2v) is 9.81. The van der Waals surface area contributed by atoms with Gasteiger partial charge in [0.15, 0.2) is 0 Å². The summed E-state index contributed by atoms with van der Waals surface area (Å²) in [5.74, 6) is 1.03. The van der Waals surface area contributed by atoms with Crippen LogP contribution in [0.2, 0.25) is 0 Å². The average molecular weight is 450 g/mol. The molecule has 2 aliphatic rings. The lowest BCUT2D eigenvalue weighted by molar-refractivity contribution is 0.0792. The molecule has 2 aromatic heterocycles. The van der Waals surface area contributed by atoms with Crippen LogP contribution in [0.15, 0.2) is 35.7 Å². The summed E-state index contributed by atoms with van der Waals surface area (Å²) < 4.78 is 7.71. The first kappa shape index (κ1) is 21.3. The molecule has 1 aliphatic heterocycles. The van der Waals surface area contributed by atoms with Gasteiger partial charge in [0.25, 0.3) is 5.91 Å². The SMILES string of the molecule is COc1ccc(-c2nc(-c3cc(C(=O)N4CCCC4)c(C)n3C3CCCCC3)cs2)cc1. The van der Waals surface area contributed by atoms with Gasteiger partial charge in [0.1, 0.15) is 10.8 Å². The Labute approximate surface area is 194 Å². The summed E-state index contributed by atoms with van der Waals surface area (Å²) in [4.78, 5) is 20.3. The maximum absolute atomic E-state index is 13.3. The minimum absolute atomic E-state index is 0.182. The lowest BCUT2D eigenvalue weighted by Gasteiger charge is -2.27. The predicted octanol–water partition coefficient (Wildman–Crippen LogP) is 6.34. The topological polar surface area (TPSA) is 47.4 Å². The fourth-order valence-electron chi connectivity index (χ4n) is 5.19. The molecular formula is C26H31N3O2S. The Morgan fingerprint density at radius 2 is 1.78 bits per heavy atom. The Kier molecular flexibility index (Phi) is 6.05. The Morgan fingerprint density at radius 1 is 1.06 bits per heavy atom. The van der Waals surface area contributed by atoms with E-state index < -0.39 is 0 Å². The van der Waals surface area contributed by atoms with E-state index in [2.05, 4.69) is 35.1 Å². The molecular weight excluding hydrogens is 418 g/mol. The lowest BCUT2D eigenvalue weighted by Crippen LogP contribution is -2.28. The molecule has 1 saturated heterocycles. The molecule has 0 unspecified atom stereocenters. The Hall–Kier alpha value is -2.60. The molecule has 5 nitrogen and oxygen atoms in total. The van der Waals surface area contributed by atoms with Gasteiger partial charge in [-0.25, -0.2) is 4.98 Å². The van der Waals surface area contributed by atoms with E-state index in [0.717, 1.165) is 64.9 Å². The monoisotopic (exact) mass is 449 g/mol. The first-order valence-electron chi connectivity index (χ1n) is 11.8. The highest BCUT2D eigenvalue weighted by atomic mass is 32.1. The van der Waals surface area contributed by atoms with E-state index >= 15 is 0 Å². The normalized spacial score (nSPS) is 17.1. The van der Waals surface area contributed by atoms with Crippen molar-refractivity contribution in [3.8, 4) is 27.7 Å². The first-order chi connectivity index (χ1) is 15.7. The molecule has 2 fully saturated rings. The number of ether oxygens (including phenoxy) is 1. The molecule has 32 heavy (non-hydrogen) atoms. The number of thiazole rings is 1. The highest BCUT2D eigenvalue weighted by Crippen LogP contribution is 2.38. The highest BCUT2D eigenvalue weighted by molar-refractivity contribution is 7.13. The number of hydrogen-bond donors (Lipinski definition) is 0. The Balaban J connectivity index is 1.54. The van der Waals surface area contributed by atoms with Gasteiger partial charge in [-0.3, -0.25) is 4.79 Å². The first-order valence-corrected chi connectivity index (χ1v) is 12.6. The molecule has 1 amide bonds. The van der Waals surface area contributed by atoms with Gasteiger partial charge < -0.3 is 14.2 Å². The molecule has 1 aliphatic carbocycles. The number of nitrogens with zero attached hydrogens (tertiary/aromatic N) is 3. The van der Waals surface area contributed by atoms with Crippen molar-refractivity contribution in [2.45, 2.75) is 57.9 Å². The maximum atomic E-state index is 13.3. The standard InChI is InChI=1S/C26H31N3O2S/c1-18-22(26(30)28-14-6-7-15-28)16-24(29(18)20-8-4-3-5-9-20)23-17-32-25(27-23)19-10-12-21(31-2)13-11-19/h10-13,16-17,20H,3-9,14-15H2,1-2H3. The number of aromatic nitrogens is 2. The summed E-state index contributed by atoms with van der Waals surface area (Å²) in [5.41, 5.74) is 5.10. The van der Waals surface area contributed by atoms with Crippen LogP contribution in [0.5, 0.6) is 5.75 Å². The zero-order valence-electron chi connectivity index (χ0n) is 19.0. The molecule has 1 saturated carbocycles. The van der Waals surface area contributed by atoms with Crippen molar-refractivity contribution in [3.05, 3.63) is 47.0 Å². The van der Waals surface area contributed by atoms with Gasteiger partial charge in [0, 0.05) is 35.8 Å². The van der Waals surface area contributed by atoms with E-state index in [1.807, 2.05) is 17.0 Å². The van der Waals surface area contributed by atoms with E-state index in [1.165, 1.54) is 32.1 Å². The van der Waals surface area contributed by atoms with Crippen molar-refractivity contribution >= 4 is 17.2 Å². The van der Waals surface area contributed by atoms with Crippen LogP contribution < -0.4 is 4.74 Å². The van der Waals surface area contributed by atoms with Crippen LogP contribution in [0.4, 0.5) is 0 Å². The van der Waals surface area contributed by atoms with E-state index in [-0.39, 0.29) is 5.91 Å². The van der Waals surface area contributed by atoms with Gasteiger partial charge in [0.05, 0.1) is 24.1 Å². The zero-order chi connectivity index (χ0) is 22.1. The van der Waals surface area contributed by atoms with Gasteiger partial charge in [-0.1, -0.05) is 19.3 Å². The summed E-state index contributed by atoms with van der Waals surface area (Å²) in [6, 6.07) is 10.6. The number of carbonyl (C=O) groups excluding carboxylic acids is 1. The summed E-state index contributed by atoms with van der Waals surface area (Å²) in [5, 5.41) is 3.13. The molecule has 5 rings (SSSR count). The molecule has 0 radical (unpaired) electrons.